The van der Waals surface area contributed by atoms with Gasteiger partial charge >= 0.3 is 0 Å². The van der Waals surface area contributed by atoms with Crippen LogP contribution in [0.2, 0.25) is 0 Å². The Bertz CT molecular complexity index is 807. The molecule has 0 saturated heterocycles. The van der Waals surface area contributed by atoms with Crippen molar-refractivity contribution in [1.82, 2.24) is 4.57 Å². The van der Waals surface area contributed by atoms with Gasteiger partial charge in [0.1, 0.15) is 5.82 Å². The van der Waals surface area contributed by atoms with Gasteiger partial charge in [0, 0.05) is 35.4 Å². The van der Waals surface area contributed by atoms with Crippen molar-refractivity contribution in [1.29, 1.82) is 0 Å². The van der Waals surface area contributed by atoms with E-state index in [0.29, 0.717) is 11.3 Å². The maximum absolute atomic E-state index is 13.1. The number of fused-ring (bicyclic) bond motifs is 1. The van der Waals surface area contributed by atoms with Crippen LogP contribution in [-0.2, 0) is 7.05 Å². The third kappa shape index (κ3) is 2.65. The second kappa shape index (κ2) is 5.40. The van der Waals surface area contributed by atoms with Crippen LogP contribution in [0.15, 0.2) is 54.7 Å². The van der Waals surface area contributed by atoms with E-state index in [4.69, 9.17) is 0 Å². The van der Waals surface area contributed by atoms with Crippen molar-refractivity contribution in [2.75, 3.05) is 11.9 Å². The lowest BCUT2D eigenvalue weighted by Gasteiger charge is -2.05. The number of nitrogens with zero attached hydrogens (tertiary/aromatic N) is 1. The third-order valence-corrected chi connectivity index (χ3v) is 3.48. The molecule has 3 nitrogen and oxygen atoms in total. The minimum atomic E-state index is -0.322. The number of aryl methyl sites for hydroxylation is 1. The highest BCUT2D eigenvalue weighted by Gasteiger charge is 2.13. The zero-order valence-electron chi connectivity index (χ0n) is 11.6. The average molecular weight is 282 g/mol. The fourth-order valence-corrected chi connectivity index (χ4v) is 2.44. The number of para-hydroxylation sites is 1. The molecule has 0 aliphatic rings. The minimum Gasteiger partial charge on any atom is -0.377 e. The molecule has 0 spiro atoms. The first-order chi connectivity index (χ1) is 10.1. The maximum Gasteiger partial charge on any atom is 0.184 e. The van der Waals surface area contributed by atoms with Gasteiger partial charge in [0.25, 0.3) is 0 Å². The standard InChI is InChI=1S/C17H15FN2O/c1-20-11-15(14-7-2-3-8-16(14)20)17(21)10-19-13-6-4-5-12(18)9-13/h2-9,11,19H,10H2,1H3. The lowest BCUT2D eigenvalue weighted by molar-refractivity contribution is 0.101. The van der Waals surface area contributed by atoms with Gasteiger partial charge in [0.05, 0.1) is 6.54 Å². The second-order valence-corrected chi connectivity index (χ2v) is 4.96. The Kier molecular flexibility index (Phi) is 3.44. The number of benzene rings is 2. The smallest absolute Gasteiger partial charge is 0.184 e. The number of halogens is 1. The fourth-order valence-electron chi connectivity index (χ4n) is 2.44. The van der Waals surface area contributed by atoms with Crippen molar-refractivity contribution in [3.8, 4) is 0 Å². The zero-order valence-corrected chi connectivity index (χ0v) is 11.6. The highest BCUT2D eigenvalue weighted by molar-refractivity contribution is 6.09. The summed E-state index contributed by atoms with van der Waals surface area (Å²) in [6.45, 7) is 0.136. The molecule has 0 aliphatic carbocycles. The van der Waals surface area contributed by atoms with Crippen molar-refractivity contribution in [3.05, 3.63) is 66.1 Å². The average Bonchev–Trinajstić information content (AvgIpc) is 2.83. The monoisotopic (exact) mass is 282 g/mol. The van der Waals surface area contributed by atoms with Gasteiger partial charge in [-0.2, -0.15) is 0 Å². The number of anilines is 1. The van der Waals surface area contributed by atoms with Gasteiger partial charge in [0.15, 0.2) is 5.78 Å². The molecule has 0 fully saturated rings. The van der Waals surface area contributed by atoms with Crippen LogP contribution in [0.4, 0.5) is 10.1 Å². The largest absolute Gasteiger partial charge is 0.377 e. The molecule has 2 aromatic carbocycles. The van der Waals surface area contributed by atoms with Crippen LogP contribution >= 0.6 is 0 Å². The van der Waals surface area contributed by atoms with Crippen LogP contribution < -0.4 is 5.32 Å². The Morgan fingerprint density at radius 2 is 2.00 bits per heavy atom. The Hall–Kier alpha value is -2.62. The zero-order chi connectivity index (χ0) is 14.8. The number of aromatic nitrogens is 1. The molecule has 106 valence electrons. The molecule has 0 bridgehead atoms. The highest BCUT2D eigenvalue weighted by Crippen LogP contribution is 2.21. The number of nitrogens with one attached hydrogen (secondary N) is 1. The van der Waals surface area contributed by atoms with Crippen LogP contribution in [0.25, 0.3) is 10.9 Å². The van der Waals surface area contributed by atoms with E-state index in [-0.39, 0.29) is 18.1 Å². The van der Waals surface area contributed by atoms with Crippen LogP contribution in [-0.4, -0.2) is 16.9 Å². The van der Waals surface area contributed by atoms with Gasteiger partial charge in [-0.1, -0.05) is 24.3 Å². The molecule has 0 unspecified atom stereocenters. The Balaban J connectivity index is 1.81. The lowest BCUT2D eigenvalue weighted by atomic mass is 10.1. The quantitative estimate of drug-likeness (QED) is 0.742. The van der Waals surface area contributed by atoms with E-state index in [0.717, 1.165) is 10.9 Å². The number of carbonyl (C=O) groups excluding carboxylic acids is 1. The number of rotatable bonds is 4. The van der Waals surface area contributed by atoms with Crippen molar-refractivity contribution < 1.29 is 9.18 Å². The molecule has 3 aromatic rings. The van der Waals surface area contributed by atoms with Crippen molar-refractivity contribution in [3.63, 3.8) is 0 Å². The maximum atomic E-state index is 13.1. The molecule has 4 heteroatoms. The highest BCUT2D eigenvalue weighted by atomic mass is 19.1. The molecular formula is C17H15FN2O. The minimum absolute atomic E-state index is 0.0175. The Morgan fingerprint density at radius 1 is 1.19 bits per heavy atom. The number of ketones is 1. The summed E-state index contributed by atoms with van der Waals surface area (Å²) in [5, 5.41) is 3.90. The van der Waals surface area contributed by atoms with Crippen molar-refractivity contribution >= 4 is 22.4 Å². The summed E-state index contributed by atoms with van der Waals surface area (Å²) in [5.74, 6) is -0.339. The van der Waals surface area contributed by atoms with E-state index in [9.17, 15) is 9.18 Å². The van der Waals surface area contributed by atoms with E-state index >= 15 is 0 Å². The predicted molar refractivity (Wildman–Crippen MR) is 82.1 cm³/mol. The topological polar surface area (TPSA) is 34.0 Å². The molecule has 0 aliphatic heterocycles. The third-order valence-electron chi connectivity index (χ3n) is 3.48. The van der Waals surface area contributed by atoms with Crippen LogP contribution in [0, 0.1) is 5.82 Å². The van der Waals surface area contributed by atoms with Gasteiger partial charge in [-0.3, -0.25) is 4.79 Å². The second-order valence-electron chi connectivity index (χ2n) is 4.96. The van der Waals surface area contributed by atoms with E-state index in [1.54, 1.807) is 12.1 Å². The summed E-state index contributed by atoms with van der Waals surface area (Å²) < 4.78 is 15.0. The summed E-state index contributed by atoms with van der Waals surface area (Å²) in [6.07, 6.45) is 1.83. The van der Waals surface area contributed by atoms with Crippen LogP contribution in [0.3, 0.4) is 0 Å². The molecule has 1 N–H and O–H groups in total. The summed E-state index contributed by atoms with van der Waals surface area (Å²) in [7, 11) is 1.92. The number of hydrogen-bond donors (Lipinski definition) is 1. The van der Waals surface area contributed by atoms with Gasteiger partial charge in [-0.25, -0.2) is 4.39 Å². The van der Waals surface area contributed by atoms with Crippen molar-refractivity contribution in [2.24, 2.45) is 7.05 Å². The molecule has 0 atom stereocenters. The molecule has 1 aromatic heterocycles. The molecule has 0 amide bonds. The summed E-state index contributed by atoms with van der Waals surface area (Å²) in [6, 6.07) is 13.9. The lowest BCUT2D eigenvalue weighted by Crippen LogP contribution is -2.13. The van der Waals surface area contributed by atoms with Crippen LogP contribution in [0.1, 0.15) is 10.4 Å². The molecule has 3 rings (SSSR count). The van der Waals surface area contributed by atoms with Crippen LogP contribution in [0.5, 0.6) is 0 Å². The number of carbonyl (C=O) groups is 1. The van der Waals surface area contributed by atoms with Gasteiger partial charge < -0.3 is 9.88 Å². The van der Waals surface area contributed by atoms with Gasteiger partial charge in [-0.05, 0) is 24.3 Å². The summed E-state index contributed by atoms with van der Waals surface area (Å²) in [5.41, 5.74) is 2.30. The van der Waals surface area contributed by atoms with E-state index < -0.39 is 0 Å². The normalized spacial score (nSPS) is 10.8. The van der Waals surface area contributed by atoms with Crippen molar-refractivity contribution in [2.45, 2.75) is 0 Å². The molecule has 0 radical (unpaired) electrons. The van der Waals surface area contributed by atoms with E-state index in [1.165, 1.54) is 12.1 Å². The SMILES string of the molecule is Cn1cc(C(=O)CNc2cccc(F)c2)c2ccccc21. The number of Topliss-reactive ketones (excluding diaryl/α,β-unsaturated/α-hetero) is 1. The molecular weight excluding hydrogens is 267 g/mol. The first-order valence-corrected chi connectivity index (χ1v) is 6.72. The first kappa shape index (κ1) is 13.4. The predicted octanol–water partition coefficient (Wildman–Crippen LogP) is 3.61. The summed E-state index contributed by atoms with van der Waals surface area (Å²) in [4.78, 5) is 12.4. The van der Waals surface area contributed by atoms with E-state index in [2.05, 4.69) is 5.32 Å². The van der Waals surface area contributed by atoms with Gasteiger partial charge in [0.2, 0.25) is 0 Å². The first-order valence-electron chi connectivity index (χ1n) is 6.72. The summed E-state index contributed by atoms with van der Waals surface area (Å²) >= 11 is 0. The molecule has 1 heterocycles. The Labute approximate surface area is 122 Å². The molecule has 21 heavy (non-hydrogen) atoms. The Morgan fingerprint density at radius 3 is 2.81 bits per heavy atom. The fraction of sp³-hybridized carbons (Fsp3) is 0.118. The number of hydrogen-bond acceptors (Lipinski definition) is 2. The van der Waals surface area contributed by atoms with Gasteiger partial charge in [-0.15, -0.1) is 0 Å². The van der Waals surface area contributed by atoms with E-state index in [1.807, 2.05) is 42.1 Å². The molecule has 0 saturated carbocycles.